The molecule has 1 atom stereocenters. The van der Waals surface area contributed by atoms with Crippen molar-refractivity contribution in [2.75, 3.05) is 23.7 Å². The van der Waals surface area contributed by atoms with Crippen LogP contribution in [0.4, 0.5) is 5.69 Å². The largest absolute Gasteiger partial charge is 0.355 e. The second kappa shape index (κ2) is 12.9. The highest BCUT2D eigenvalue weighted by Gasteiger charge is 2.28. The third-order valence-corrected chi connectivity index (χ3v) is 7.46. The number of amides is 2. The van der Waals surface area contributed by atoms with Gasteiger partial charge in [0, 0.05) is 31.1 Å². The smallest absolute Gasteiger partial charge is 0.242 e. The van der Waals surface area contributed by atoms with Crippen molar-refractivity contribution in [2.45, 2.75) is 59.5 Å². The van der Waals surface area contributed by atoms with Crippen molar-refractivity contribution in [1.82, 2.24) is 10.2 Å². The van der Waals surface area contributed by atoms with Crippen LogP contribution in [0, 0.1) is 13.8 Å². The molecule has 0 saturated carbocycles. The molecule has 1 N–H and O–H groups in total. The highest BCUT2D eigenvalue weighted by molar-refractivity contribution is 7.92. The van der Waals surface area contributed by atoms with Gasteiger partial charge in [0.2, 0.25) is 21.8 Å². The lowest BCUT2D eigenvalue weighted by Crippen LogP contribution is -2.49. The Morgan fingerprint density at radius 3 is 2.29 bits per heavy atom. The number of anilines is 1. The normalized spacial score (nSPS) is 12.2. The van der Waals surface area contributed by atoms with Crippen LogP contribution in [0.1, 0.15) is 49.8 Å². The Kier molecular flexibility index (Phi) is 10.6. The van der Waals surface area contributed by atoms with Gasteiger partial charge < -0.3 is 10.2 Å². The Labute approximate surface area is 214 Å². The molecule has 0 radical (unpaired) electrons. The molecule has 2 aromatic carbocycles. The lowest BCUT2D eigenvalue weighted by atomic mass is 10.1. The van der Waals surface area contributed by atoms with E-state index in [2.05, 4.69) is 5.32 Å². The molecule has 2 amide bonds. The highest BCUT2D eigenvalue weighted by atomic mass is 35.5. The minimum atomic E-state index is -3.58. The van der Waals surface area contributed by atoms with Crippen molar-refractivity contribution in [3.05, 3.63) is 64.2 Å². The van der Waals surface area contributed by atoms with Crippen LogP contribution in [-0.4, -0.2) is 50.5 Å². The predicted octanol–water partition coefficient (Wildman–Crippen LogP) is 4.45. The number of likely N-dealkylation sites (N-methyl/N-ethyl adjacent to an activating group) is 1. The van der Waals surface area contributed by atoms with E-state index < -0.39 is 16.1 Å². The molecule has 0 heterocycles. The number of nitrogens with one attached hydrogen (secondary N) is 1. The summed E-state index contributed by atoms with van der Waals surface area (Å²) in [5.41, 5.74) is 3.20. The van der Waals surface area contributed by atoms with Crippen molar-refractivity contribution in [2.24, 2.45) is 0 Å². The van der Waals surface area contributed by atoms with E-state index in [1.165, 1.54) is 4.31 Å². The van der Waals surface area contributed by atoms with Crippen molar-refractivity contribution in [3.63, 3.8) is 0 Å². The summed E-state index contributed by atoms with van der Waals surface area (Å²) in [5, 5.41) is 3.30. The van der Waals surface area contributed by atoms with E-state index in [0.717, 1.165) is 17.4 Å². The average Bonchev–Trinajstić information content (AvgIpc) is 2.79. The van der Waals surface area contributed by atoms with Crippen molar-refractivity contribution in [1.29, 1.82) is 0 Å². The maximum Gasteiger partial charge on any atom is 0.242 e. The van der Waals surface area contributed by atoms with Crippen LogP contribution < -0.4 is 9.62 Å². The Morgan fingerprint density at radius 2 is 1.71 bits per heavy atom. The Bertz CT molecular complexity index is 1120. The lowest BCUT2D eigenvalue weighted by Gasteiger charge is -2.31. The Hall–Kier alpha value is -2.58. The van der Waals surface area contributed by atoms with Crippen LogP contribution in [0.25, 0.3) is 0 Å². The Morgan fingerprint density at radius 1 is 1.06 bits per heavy atom. The molecule has 7 nitrogen and oxygen atoms in total. The third-order valence-electron chi connectivity index (χ3n) is 5.87. The molecular formula is C26H36ClN3O4S. The summed E-state index contributed by atoms with van der Waals surface area (Å²) in [6.07, 6.45) is 2.02. The van der Waals surface area contributed by atoms with Gasteiger partial charge in [0.1, 0.15) is 6.04 Å². The number of carbonyl (C=O) groups excluding carboxylic acids is 2. The van der Waals surface area contributed by atoms with Gasteiger partial charge in [0.15, 0.2) is 0 Å². The molecule has 0 spiro atoms. The fourth-order valence-corrected chi connectivity index (χ4v) is 5.14. The van der Waals surface area contributed by atoms with Crippen LogP contribution in [0.3, 0.4) is 0 Å². The van der Waals surface area contributed by atoms with Gasteiger partial charge in [-0.2, -0.15) is 0 Å². The zero-order valence-corrected chi connectivity index (χ0v) is 22.7. The standard InChI is InChI=1S/C26H36ClN3O4S/c1-6-23(26(32)28-7-2)29(18-21-15-13-19(3)14-16-21)25(31)12-9-17-30(35(5,33)34)24-11-8-10-22(27)20(24)4/h8,10-11,13-16,23H,6-7,9,12,17-18H2,1-5H3,(H,28,32)/t23-/m1/s1. The number of carbonyl (C=O) groups is 2. The van der Waals surface area contributed by atoms with Crippen LogP contribution in [0.5, 0.6) is 0 Å². The molecule has 0 fully saturated rings. The predicted molar refractivity (Wildman–Crippen MR) is 142 cm³/mol. The number of hydrogen-bond acceptors (Lipinski definition) is 4. The highest BCUT2D eigenvalue weighted by Crippen LogP contribution is 2.28. The fourth-order valence-electron chi connectivity index (χ4n) is 3.95. The van der Waals surface area contributed by atoms with E-state index in [4.69, 9.17) is 11.6 Å². The number of sulfonamides is 1. The summed E-state index contributed by atoms with van der Waals surface area (Å²) in [6, 6.07) is 12.4. The summed E-state index contributed by atoms with van der Waals surface area (Å²) in [4.78, 5) is 27.7. The van der Waals surface area contributed by atoms with Crippen molar-refractivity contribution >= 4 is 39.1 Å². The first-order valence-electron chi connectivity index (χ1n) is 11.8. The summed E-state index contributed by atoms with van der Waals surface area (Å²) >= 11 is 6.21. The second-order valence-corrected chi connectivity index (χ2v) is 11.0. The molecular weight excluding hydrogens is 486 g/mol. The molecule has 192 valence electrons. The zero-order valence-electron chi connectivity index (χ0n) is 21.2. The van der Waals surface area contributed by atoms with E-state index in [0.29, 0.717) is 42.2 Å². The van der Waals surface area contributed by atoms with E-state index in [-0.39, 0.29) is 24.8 Å². The van der Waals surface area contributed by atoms with E-state index in [1.807, 2.05) is 45.0 Å². The maximum absolute atomic E-state index is 13.4. The third kappa shape index (κ3) is 7.97. The second-order valence-electron chi connectivity index (χ2n) is 8.65. The molecule has 0 aliphatic rings. The monoisotopic (exact) mass is 521 g/mol. The van der Waals surface area contributed by atoms with Gasteiger partial charge in [-0.3, -0.25) is 13.9 Å². The first-order valence-corrected chi connectivity index (χ1v) is 14.1. The summed E-state index contributed by atoms with van der Waals surface area (Å²) < 4.78 is 26.3. The van der Waals surface area contributed by atoms with Crippen molar-refractivity contribution in [3.8, 4) is 0 Å². The number of benzene rings is 2. The topological polar surface area (TPSA) is 86.8 Å². The van der Waals surface area contributed by atoms with E-state index >= 15 is 0 Å². The summed E-state index contributed by atoms with van der Waals surface area (Å²) in [5.74, 6) is -0.386. The van der Waals surface area contributed by atoms with Crippen LogP contribution in [0.15, 0.2) is 42.5 Å². The number of rotatable bonds is 12. The number of nitrogens with zero attached hydrogens (tertiary/aromatic N) is 2. The van der Waals surface area contributed by atoms with Gasteiger partial charge >= 0.3 is 0 Å². The minimum absolute atomic E-state index is 0.105. The Balaban J connectivity index is 2.23. The molecule has 9 heteroatoms. The van der Waals surface area contributed by atoms with Gasteiger partial charge in [0.05, 0.1) is 11.9 Å². The molecule has 35 heavy (non-hydrogen) atoms. The molecule has 2 aromatic rings. The maximum atomic E-state index is 13.4. The minimum Gasteiger partial charge on any atom is -0.355 e. The zero-order chi connectivity index (χ0) is 26.2. The van der Waals surface area contributed by atoms with Gasteiger partial charge in [0.25, 0.3) is 0 Å². The molecule has 0 unspecified atom stereocenters. The van der Waals surface area contributed by atoms with Gasteiger partial charge in [-0.05, 0) is 56.9 Å². The van der Waals surface area contributed by atoms with E-state index in [9.17, 15) is 18.0 Å². The first-order chi connectivity index (χ1) is 16.5. The lowest BCUT2D eigenvalue weighted by molar-refractivity contribution is -0.141. The van der Waals surface area contributed by atoms with Crippen molar-refractivity contribution < 1.29 is 18.0 Å². The molecule has 0 saturated heterocycles. The van der Waals surface area contributed by atoms with E-state index in [1.54, 1.807) is 30.0 Å². The molecule has 0 aliphatic heterocycles. The van der Waals surface area contributed by atoms with Gasteiger partial charge in [-0.15, -0.1) is 0 Å². The molecule has 0 aliphatic carbocycles. The van der Waals surface area contributed by atoms with Gasteiger partial charge in [-0.25, -0.2) is 8.42 Å². The van der Waals surface area contributed by atoms with Crippen LogP contribution in [-0.2, 0) is 26.2 Å². The quantitative estimate of drug-likeness (QED) is 0.447. The molecule has 0 bridgehead atoms. The SMILES string of the molecule is CCNC(=O)[C@@H](CC)N(Cc1ccc(C)cc1)C(=O)CCCN(c1cccc(Cl)c1C)S(C)(=O)=O. The van der Waals surface area contributed by atoms with Crippen LogP contribution in [0.2, 0.25) is 5.02 Å². The summed E-state index contributed by atoms with van der Waals surface area (Å²) in [7, 11) is -3.58. The molecule has 0 aromatic heterocycles. The summed E-state index contributed by atoms with van der Waals surface area (Å²) in [6.45, 7) is 8.38. The first kappa shape index (κ1) is 28.7. The van der Waals surface area contributed by atoms with Gasteiger partial charge in [-0.1, -0.05) is 54.4 Å². The fraction of sp³-hybridized carbons (Fsp3) is 0.462. The molecule has 2 rings (SSSR count). The average molecular weight is 522 g/mol. The number of aryl methyl sites for hydroxylation is 1. The number of halogens is 1. The van der Waals surface area contributed by atoms with Crippen LogP contribution >= 0.6 is 11.6 Å². The number of hydrogen-bond donors (Lipinski definition) is 1.